The summed E-state index contributed by atoms with van der Waals surface area (Å²) in [4.78, 5) is 24.8. The van der Waals surface area contributed by atoms with Gasteiger partial charge in [0.25, 0.3) is 0 Å². The van der Waals surface area contributed by atoms with Crippen LogP contribution in [-0.4, -0.2) is 11.8 Å². The first-order valence-corrected chi connectivity index (χ1v) is 7.39. The van der Waals surface area contributed by atoms with Crippen molar-refractivity contribution in [3.8, 4) is 0 Å². The molecular weight excluding hydrogens is 276 g/mol. The van der Waals surface area contributed by atoms with Gasteiger partial charge in [0.05, 0.1) is 0 Å². The highest BCUT2D eigenvalue weighted by Crippen LogP contribution is 2.31. The number of ketones is 1. The molecule has 1 aliphatic carbocycles. The van der Waals surface area contributed by atoms with Gasteiger partial charge in [-0.25, -0.2) is 0 Å². The molecule has 2 aromatic rings. The van der Waals surface area contributed by atoms with Crippen LogP contribution in [0.1, 0.15) is 35.3 Å². The number of rotatable bonds is 3. The second kappa shape index (κ2) is 5.41. The highest BCUT2D eigenvalue weighted by atomic mass is 16.6. The van der Waals surface area contributed by atoms with Crippen molar-refractivity contribution in [1.82, 2.24) is 0 Å². The van der Waals surface area contributed by atoms with Gasteiger partial charge in [0, 0.05) is 5.56 Å². The van der Waals surface area contributed by atoms with Crippen LogP contribution in [-0.2, 0) is 21.6 Å². The summed E-state index contributed by atoms with van der Waals surface area (Å²) in [5.41, 5.74) is 1.72. The number of benzene rings is 2. The average molecular weight is 294 g/mol. The SMILES string of the molecule is CC(C)(OC(=O)C1Cc2ccccc2C1=O)c1ccccc1. The van der Waals surface area contributed by atoms with E-state index >= 15 is 0 Å². The Morgan fingerprint density at radius 3 is 2.36 bits per heavy atom. The van der Waals surface area contributed by atoms with E-state index in [0.29, 0.717) is 12.0 Å². The predicted octanol–water partition coefficient (Wildman–Crippen LogP) is 3.52. The number of ether oxygens (including phenoxy) is 1. The van der Waals surface area contributed by atoms with E-state index in [-0.39, 0.29) is 5.78 Å². The minimum atomic E-state index is -0.757. The molecule has 0 bridgehead atoms. The molecule has 0 fully saturated rings. The van der Waals surface area contributed by atoms with Crippen molar-refractivity contribution >= 4 is 11.8 Å². The van der Waals surface area contributed by atoms with E-state index in [1.54, 1.807) is 6.07 Å². The standard InChI is InChI=1S/C19H18O3/c1-19(2,14-9-4-3-5-10-14)22-18(21)16-12-13-8-6-7-11-15(13)17(16)20/h3-11,16H,12H2,1-2H3. The Balaban J connectivity index is 1.78. The summed E-state index contributed by atoms with van der Waals surface area (Å²) in [5.74, 6) is -1.31. The maximum Gasteiger partial charge on any atom is 0.318 e. The molecule has 1 aliphatic rings. The number of fused-ring (bicyclic) bond motifs is 1. The summed E-state index contributed by atoms with van der Waals surface area (Å²) < 4.78 is 5.65. The monoisotopic (exact) mass is 294 g/mol. The summed E-state index contributed by atoms with van der Waals surface area (Å²) in [6.07, 6.45) is 0.429. The van der Waals surface area contributed by atoms with Crippen molar-refractivity contribution in [2.24, 2.45) is 5.92 Å². The van der Waals surface area contributed by atoms with Crippen molar-refractivity contribution in [3.63, 3.8) is 0 Å². The molecule has 0 aliphatic heterocycles. The van der Waals surface area contributed by atoms with Crippen LogP contribution in [0.2, 0.25) is 0 Å². The Kier molecular flexibility index (Phi) is 3.57. The third-order valence-corrected chi connectivity index (χ3v) is 4.13. The second-order valence-corrected chi connectivity index (χ2v) is 6.08. The molecule has 0 spiro atoms. The quantitative estimate of drug-likeness (QED) is 0.642. The molecule has 0 saturated carbocycles. The Bertz CT molecular complexity index is 716. The first-order chi connectivity index (χ1) is 10.5. The highest BCUT2D eigenvalue weighted by molar-refractivity contribution is 6.12. The molecule has 3 heteroatoms. The lowest BCUT2D eigenvalue weighted by Gasteiger charge is -2.27. The van der Waals surface area contributed by atoms with E-state index in [1.807, 2.05) is 62.4 Å². The maximum absolute atomic E-state index is 12.5. The molecule has 3 nitrogen and oxygen atoms in total. The van der Waals surface area contributed by atoms with E-state index in [9.17, 15) is 9.59 Å². The van der Waals surface area contributed by atoms with Crippen LogP contribution in [0.15, 0.2) is 54.6 Å². The Morgan fingerprint density at radius 2 is 1.68 bits per heavy atom. The topological polar surface area (TPSA) is 43.4 Å². The fraction of sp³-hybridized carbons (Fsp3) is 0.263. The van der Waals surface area contributed by atoms with Crippen LogP contribution in [0.4, 0.5) is 0 Å². The van der Waals surface area contributed by atoms with Crippen molar-refractivity contribution in [1.29, 1.82) is 0 Å². The fourth-order valence-electron chi connectivity index (χ4n) is 2.85. The summed E-state index contributed by atoms with van der Waals surface area (Å²) in [7, 11) is 0. The van der Waals surface area contributed by atoms with E-state index in [2.05, 4.69) is 0 Å². The maximum atomic E-state index is 12.5. The zero-order valence-electron chi connectivity index (χ0n) is 12.7. The largest absolute Gasteiger partial charge is 0.454 e. The molecule has 1 unspecified atom stereocenters. The van der Waals surface area contributed by atoms with Crippen LogP contribution in [0, 0.1) is 5.92 Å². The van der Waals surface area contributed by atoms with Gasteiger partial charge in [-0.15, -0.1) is 0 Å². The lowest BCUT2D eigenvalue weighted by molar-refractivity contribution is -0.160. The molecule has 112 valence electrons. The minimum Gasteiger partial charge on any atom is -0.454 e. The third kappa shape index (κ3) is 2.54. The molecule has 2 aromatic carbocycles. The predicted molar refractivity (Wildman–Crippen MR) is 83.5 cm³/mol. The van der Waals surface area contributed by atoms with Gasteiger partial charge in [0.15, 0.2) is 5.78 Å². The van der Waals surface area contributed by atoms with Gasteiger partial charge in [0.2, 0.25) is 0 Å². The van der Waals surface area contributed by atoms with E-state index in [4.69, 9.17) is 4.74 Å². The van der Waals surface area contributed by atoms with Gasteiger partial charge in [-0.05, 0) is 31.4 Å². The normalized spacial score (nSPS) is 17.2. The Hall–Kier alpha value is -2.42. The molecule has 0 amide bonds. The summed E-state index contributed by atoms with van der Waals surface area (Å²) in [5, 5.41) is 0. The number of carbonyl (C=O) groups excluding carboxylic acids is 2. The van der Waals surface area contributed by atoms with Crippen molar-refractivity contribution in [3.05, 3.63) is 71.3 Å². The third-order valence-electron chi connectivity index (χ3n) is 4.13. The van der Waals surface area contributed by atoms with E-state index in [0.717, 1.165) is 11.1 Å². The van der Waals surface area contributed by atoms with E-state index in [1.165, 1.54) is 0 Å². The van der Waals surface area contributed by atoms with Gasteiger partial charge in [-0.3, -0.25) is 9.59 Å². The summed E-state index contributed by atoms with van der Waals surface area (Å²) in [6, 6.07) is 16.9. The molecule has 0 N–H and O–H groups in total. The highest BCUT2D eigenvalue weighted by Gasteiger charge is 2.39. The average Bonchev–Trinajstić information content (AvgIpc) is 2.86. The number of carbonyl (C=O) groups is 2. The second-order valence-electron chi connectivity index (χ2n) is 6.08. The fourth-order valence-corrected chi connectivity index (χ4v) is 2.85. The molecule has 0 saturated heterocycles. The number of Topliss-reactive ketones (excluding diaryl/α,β-unsaturated/α-hetero) is 1. The van der Waals surface area contributed by atoms with Gasteiger partial charge >= 0.3 is 5.97 Å². The summed E-state index contributed by atoms with van der Waals surface area (Å²) in [6.45, 7) is 3.68. The lowest BCUT2D eigenvalue weighted by atomic mass is 9.97. The Morgan fingerprint density at radius 1 is 1.05 bits per heavy atom. The van der Waals surface area contributed by atoms with Gasteiger partial charge < -0.3 is 4.74 Å². The van der Waals surface area contributed by atoms with Crippen LogP contribution in [0.3, 0.4) is 0 Å². The summed E-state index contributed by atoms with van der Waals surface area (Å²) >= 11 is 0. The molecule has 3 rings (SSSR count). The molecule has 0 aromatic heterocycles. The molecular formula is C19H18O3. The van der Waals surface area contributed by atoms with Crippen LogP contribution < -0.4 is 0 Å². The smallest absolute Gasteiger partial charge is 0.318 e. The van der Waals surface area contributed by atoms with Gasteiger partial charge in [-0.2, -0.15) is 0 Å². The first-order valence-electron chi connectivity index (χ1n) is 7.39. The zero-order valence-corrected chi connectivity index (χ0v) is 12.7. The minimum absolute atomic E-state index is 0.135. The number of esters is 1. The molecule has 22 heavy (non-hydrogen) atoms. The van der Waals surface area contributed by atoms with Crippen LogP contribution >= 0.6 is 0 Å². The molecule has 1 atom stereocenters. The Labute approximate surface area is 129 Å². The van der Waals surface area contributed by atoms with Crippen LogP contribution in [0.5, 0.6) is 0 Å². The van der Waals surface area contributed by atoms with Crippen molar-refractivity contribution in [2.75, 3.05) is 0 Å². The first kappa shape index (κ1) is 14.5. The van der Waals surface area contributed by atoms with E-state index < -0.39 is 17.5 Å². The van der Waals surface area contributed by atoms with Crippen LogP contribution in [0.25, 0.3) is 0 Å². The molecule has 0 radical (unpaired) electrons. The van der Waals surface area contributed by atoms with Crippen molar-refractivity contribution in [2.45, 2.75) is 25.9 Å². The number of hydrogen-bond acceptors (Lipinski definition) is 3. The van der Waals surface area contributed by atoms with Gasteiger partial charge in [0.1, 0.15) is 11.5 Å². The lowest BCUT2D eigenvalue weighted by Crippen LogP contribution is -2.32. The number of hydrogen-bond donors (Lipinski definition) is 0. The zero-order chi connectivity index (χ0) is 15.7. The van der Waals surface area contributed by atoms with Gasteiger partial charge in [-0.1, -0.05) is 54.6 Å². The van der Waals surface area contributed by atoms with Crippen molar-refractivity contribution < 1.29 is 14.3 Å². The molecule has 0 heterocycles.